The molecule has 4 nitrogen and oxygen atoms in total. The van der Waals surface area contributed by atoms with Gasteiger partial charge < -0.3 is 9.47 Å². The summed E-state index contributed by atoms with van der Waals surface area (Å²) in [5.41, 5.74) is 2.68. The van der Waals surface area contributed by atoms with Crippen LogP contribution in [0.2, 0.25) is 0 Å². The van der Waals surface area contributed by atoms with Crippen molar-refractivity contribution in [1.82, 2.24) is 14.5 Å². The van der Waals surface area contributed by atoms with Crippen LogP contribution in [0.4, 0.5) is 4.39 Å². The maximum absolute atomic E-state index is 14.2. The highest BCUT2D eigenvalue weighted by Crippen LogP contribution is 2.66. The normalized spacial score (nSPS) is 31.1. The van der Waals surface area contributed by atoms with Gasteiger partial charge in [0.25, 0.3) is 0 Å². The molecule has 8 rings (SSSR count). The van der Waals surface area contributed by atoms with Gasteiger partial charge in [-0.25, -0.2) is 9.37 Å². The van der Waals surface area contributed by atoms with Crippen LogP contribution in [0.5, 0.6) is 0 Å². The Balaban J connectivity index is 1.18. The monoisotopic (exact) mass is 443 g/mol. The topological polar surface area (TPSA) is 38.1 Å². The Morgan fingerprint density at radius 1 is 0.970 bits per heavy atom. The second kappa shape index (κ2) is 7.15. The highest BCUT2D eigenvalue weighted by molar-refractivity contribution is 5.84. The molecule has 1 aliphatic heterocycles. The number of hydrogen-bond donors (Lipinski definition) is 0. The van der Waals surface area contributed by atoms with Gasteiger partial charge in [0.15, 0.2) is 0 Å². The maximum Gasteiger partial charge on any atom is 0.229 e. The summed E-state index contributed by atoms with van der Waals surface area (Å²) in [6, 6.07) is 15.3. The van der Waals surface area contributed by atoms with Gasteiger partial charge in [-0.1, -0.05) is 30.3 Å². The Labute approximate surface area is 193 Å². The lowest BCUT2D eigenvalue weighted by Gasteiger charge is -2.40. The molecule has 2 heterocycles. The molecule has 0 spiro atoms. The molecule has 4 bridgehead atoms. The van der Waals surface area contributed by atoms with Gasteiger partial charge in [0.2, 0.25) is 5.91 Å². The van der Waals surface area contributed by atoms with Crippen LogP contribution in [0, 0.1) is 29.0 Å². The van der Waals surface area contributed by atoms with Gasteiger partial charge in [-0.2, -0.15) is 0 Å². The Hall–Kier alpha value is -2.69. The number of nitrogens with zero attached hydrogens (tertiary/aromatic N) is 3. The fourth-order valence-electron chi connectivity index (χ4n) is 8.01. The van der Waals surface area contributed by atoms with E-state index in [4.69, 9.17) is 4.98 Å². The van der Waals surface area contributed by atoms with E-state index in [1.807, 2.05) is 18.2 Å². The highest BCUT2D eigenvalue weighted by atomic mass is 19.1. The van der Waals surface area contributed by atoms with Crippen molar-refractivity contribution < 1.29 is 9.18 Å². The van der Waals surface area contributed by atoms with Crippen molar-refractivity contribution >= 4 is 16.9 Å². The largest absolute Gasteiger partial charge is 0.342 e. The molecule has 5 aliphatic rings. The molecule has 1 amide bonds. The van der Waals surface area contributed by atoms with Crippen molar-refractivity contribution in [1.29, 1.82) is 0 Å². The van der Waals surface area contributed by atoms with E-state index in [1.165, 1.54) is 25.3 Å². The molecule has 2 unspecified atom stereocenters. The van der Waals surface area contributed by atoms with Crippen molar-refractivity contribution in [2.75, 3.05) is 13.1 Å². The van der Waals surface area contributed by atoms with E-state index < -0.39 is 0 Å². The zero-order valence-corrected chi connectivity index (χ0v) is 18.9. The van der Waals surface area contributed by atoms with Gasteiger partial charge in [-0.15, -0.1) is 0 Å². The predicted molar refractivity (Wildman–Crippen MR) is 126 cm³/mol. The first kappa shape index (κ1) is 19.7. The number of carbonyl (C=O) groups excluding carboxylic acids is 1. The van der Waals surface area contributed by atoms with Crippen LogP contribution in [0.1, 0.15) is 51.0 Å². The summed E-state index contributed by atoms with van der Waals surface area (Å²) in [4.78, 5) is 20.8. The molecule has 1 aromatic heterocycles. The third-order valence-corrected chi connectivity index (χ3v) is 9.22. The molecule has 4 aliphatic carbocycles. The number of aromatic nitrogens is 2. The van der Waals surface area contributed by atoms with Crippen LogP contribution < -0.4 is 0 Å². The van der Waals surface area contributed by atoms with Gasteiger partial charge in [0.1, 0.15) is 11.6 Å². The Kier molecular flexibility index (Phi) is 4.28. The van der Waals surface area contributed by atoms with E-state index in [1.54, 1.807) is 12.1 Å². The number of fused-ring (bicyclic) bond motifs is 1. The summed E-state index contributed by atoms with van der Waals surface area (Å²) in [7, 11) is 0. The molecule has 4 saturated carbocycles. The van der Waals surface area contributed by atoms with E-state index in [9.17, 15) is 9.18 Å². The Bertz CT molecular complexity index is 1210. The van der Waals surface area contributed by atoms with Gasteiger partial charge >= 0.3 is 0 Å². The minimum absolute atomic E-state index is 0.0412. The molecule has 5 heteroatoms. The third-order valence-electron chi connectivity index (χ3n) is 9.22. The van der Waals surface area contributed by atoms with Crippen molar-refractivity contribution in [3.8, 4) is 11.4 Å². The summed E-state index contributed by atoms with van der Waals surface area (Å²) in [5.74, 6) is 3.33. The Morgan fingerprint density at radius 2 is 1.70 bits per heavy atom. The van der Waals surface area contributed by atoms with Crippen LogP contribution in [-0.4, -0.2) is 33.4 Å². The summed E-state index contributed by atoms with van der Waals surface area (Å²) < 4.78 is 16.4. The van der Waals surface area contributed by atoms with Crippen LogP contribution in [-0.2, 0) is 4.79 Å². The van der Waals surface area contributed by atoms with E-state index in [2.05, 4.69) is 21.6 Å². The lowest BCUT2D eigenvalue weighted by molar-refractivity contribution is -0.145. The molecule has 1 saturated heterocycles. The number of piperidine rings is 1. The van der Waals surface area contributed by atoms with Crippen LogP contribution in [0.15, 0.2) is 48.5 Å². The molecule has 0 radical (unpaired) electrons. The summed E-state index contributed by atoms with van der Waals surface area (Å²) >= 11 is 0. The van der Waals surface area contributed by atoms with Crippen molar-refractivity contribution in [2.24, 2.45) is 23.2 Å². The van der Waals surface area contributed by atoms with Crippen LogP contribution >= 0.6 is 0 Å². The molecular formula is C28H30FN3O. The standard InChI is InChI=1S/C28H30FN3O/c29-22-6-7-24-25(15-22)32(26(30-24)20-4-2-1-3-5-20)23-8-10-31(11-9-23)27(33)28-16-18-12-19(17-28)14-21(28)13-18/h1-7,15,18-19,21,23H,8-14,16-17H2/t18-,19+,21?,28?. The lowest BCUT2D eigenvalue weighted by atomic mass is 9.74. The molecule has 170 valence electrons. The van der Waals surface area contributed by atoms with E-state index in [0.717, 1.165) is 73.0 Å². The molecule has 5 fully saturated rings. The summed E-state index contributed by atoms with van der Waals surface area (Å²) in [6.07, 6.45) is 7.98. The molecule has 0 N–H and O–H groups in total. The first-order valence-electron chi connectivity index (χ1n) is 12.6. The molecule has 2 aromatic carbocycles. The third kappa shape index (κ3) is 2.93. The minimum atomic E-state index is -0.234. The zero-order chi connectivity index (χ0) is 22.2. The van der Waals surface area contributed by atoms with Gasteiger partial charge in [0.05, 0.1) is 16.4 Å². The SMILES string of the molecule is O=C(N1CCC(n2c(-c3ccccc3)nc3ccc(F)cc32)CC1)C12C[C@@H]3CC1C[C@@H](C3)C2. The predicted octanol–water partition coefficient (Wildman–Crippen LogP) is 5.83. The van der Waals surface area contributed by atoms with E-state index in [-0.39, 0.29) is 17.3 Å². The number of benzene rings is 2. The second-order valence-electron chi connectivity index (χ2n) is 11.0. The highest BCUT2D eigenvalue weighted by Gasteiger charge is 2.62. The zero-order valence-electron chi connectivity index (χ0n) is 18.9. The van der Waals surface area contributed by atoms with E-state index in [0.29, 0.717) is 11.8 Å². The molecule has 4 atom stereocenters. The van der Waals surface area contributed by atoms with Gasteiger partial charge in [-0.3, -0.25) is 4.79 Å². The van der Waals surface area contributed by atoms with Crippen LogP contribution in [0.25, 0.3) is 22.4 Å². The van der Waals surface area contributed by atoms with Gasteiger partial charge in [0, 0.05) is 24.7 Å². The quantitative estimate of drug-likeness (QED) is 0.511. The average Bonchev–Trinajstić information content (AvgIpc) is 3.42. The Morgan fingerprint density at radius 3 is 2.42 bits per heavy atom. The molecule has 33 heavy (non-hydrogen) atoms. The lowest BCUT2D eigenvalue weighted by Crippen LogP contribution is -2.48. The number of imidazole rings is 1. The molecule has 3 aromatic rings. The maximum atomic E-state index is 14.2. The number of halogens is 1. The minimum Gasteiger partial charge on any atom is -0.342 e. The molecular weight excluding hydrogens is 413 g/mol. The number of likely N-dealkylation sites (tertiary alicyclic amines) is 1. The smallest absolute Gasteiger partial charge is 0.229 e. The van der Waals surface area contributed by atoms with Crippen molar-refractivity contribution in [3.63, 3.8) is 0 Å². The van der Waals surface area contributed by atoms with Gasteiger partial charge in [-0.05, 0) is 80.9 Å². The fraction of sp³-hybridized carbons (Fsp3) is 0.500. The van der Waals surface area contributed by atoms with Crippen LogP contribution in [0.3, 0.4) is 0 Å². The number of rotatable bonds is 3. The summed E-state index contributed by atoms with van der Waals surface area (Å²) in [5, 5.41) is 0. The average molecular weight is 444 g/mol. The van der Waals surface area contributed by atoms with Crippen molar-refractivity contribution in [2.45, 2.75) is 51.0 Å². The number of amides is 1. The first-order chi connectivity index (χ1) is 16.1. The fourth-order valence-corrected chi connectivity index (χ4v) is 8.01. The van der Waals surface area contributed by atoms with Crippen molar-refractivity contribution in [3.05, 3.63) is 54.3 Å². The second-order valence-corrected chi connectivity index (χ2v) is 11.0. The summed E-state index contributed by atoms with van der Waals surface area (Å²) in [6.45, 7) is 1.58. The number of hydrogen-bond acceptors (Lipinski definition) is 2. The van der Waals surface area contributed by atoms with E-state index >= 15 is 0 Å². The number of carbonyl (C=O) groups is 1. The first-order valence-corrected chi connectivity index (χ1v) is 12.6.